The fourth-order valence-corrected chi connectivity index (χ4v) is 4.25. The van der Waals surface area contributed by atoms with Crippen LogP contribution in [0.25, 0.3) is 0 Å². The molecule has 12 heavy (non-hydrogen) atoms. The molecule has 1 aliphatic rings. The van der Waals surface area contributed by atoms with E-state index in [1.807, 2.05) is 0 Å². The van der Waals surface area contributed by atoms with E-state index in [4.69, 9.17) is 0 Å². The van der Waals surface area contributed by atoms with E-state index in [-0.39, 0.29) is 5.25 Å². The third-order valence-electron chi connectivity index (χ3n) is 2.37. The third-order valence-corrected chi connectivity index (χ3v) is 5.28. The predicted molar refractivity (Wildman–Crippen MR) is 54.5 cm³/mol. The maximum absolute atomic E-state index is 11.6. The molecule has 0 unspecified atom stereocenters. The molecule has 0 spiro atoms. The summed E-state index contributed by atoms with van der Waals surface area (Å²) in [6, 6.07) is 0. The third kappa shape index (κ3) is 2.73. The number of rotatable bonds is 4. The highest BCUT2D eigenvalue weighted by Gasteiger charge is 2.27. The van der Waals surface area contributed by atoms with E-state index in [2.05, 4.69) is 15.9 Å². The van der Waals surface area contributed by atoms with Gasteiger partial charge in [-0.1, -0.05) is 28.8 Å². The normalized spacial score (nSPS) is 20.1. The molecule has 1 rings (SSSR count). The highest BCUT2D eigenvalue weighted by Crippen LogP contribution is 2.25. The van der Waals surface area contributed by atoms with Crippen LogP contribution in [0.3, 0.4) is 0 Å². The summed E-state index contributed by atoms with van der Waals surface area (Å²) < 4.78 is 23.1. The Balaban J connectivity index is 2.46. The second kappa shape index (κ2) is 4.61. The lowest BCUT2D eigenvalue weighted by Gasteiger charge is -2.09. The van der Waals surface area contributed by atoms with Crippen molar-refractivity contribution in [2.24, 2.45) is 0 Å². The van der Waals surface area contributed by atoms with Gasteiger partial charge in [0.1, 0.15) is 0 Å². The highest BCUT2D eigenvalue weighted by molar-refractivity contribution is 9.09. The predicted octanol–water partition coefficient (Wildman–Crippen LogP) is 2.13. The summed E-state index contributed by atoms with van der Waals surface area (Å²) in [6.45, 7) is 0. The largest absolute Gasteiger partial charge is 0.229 e. The van der Waals surface area contributed by atoms with E-state index >= 15 is 0 Å². The van der Waals surface area contributed by atoms with Gasteiger partial charge in [-0.2, -0.15) is 0 Å². The van der Waals surface area contributed by atoms with Crippen LogP contribution in [0.1, 0.15) is 32.1 Å². The quantitative estimate of drug-likeness (QED) is 0.721. The van der Waals surface area contributed by atoms with Crippen LogP contribution >= 0.6 is 15.9 Å². The minimum Gasteiger partial charge on any atom is -0.229 e. The van der Waals surface area contributed by atoms with Gasteiger partial charge in [-0.05, 0) is 19.3 Å². The molecule has 0 N–H and O–H groups in total. The molecule has 1 fully saturated rings. The molecule has 0 amide bonds. The van der Waals surface area contributed by atoms with E-state index in [9.17, 15) is 8.42 Å². The molecule has 4 heteroatoms. The standard InChI is InChI=1S/C8H15BrO2S/c9-6-3-7-12(10,11)8-4-1-2-5-8/h8H,1-7H2. The number of hydrogen-bond donors (Lipinski definition) is 0. The Hall–Kier alpha value is 0.430. The van der Waals surface area contributed by atoms with E-state index < -0.39 is 9.84 Å². The van der Waals surface area contributed by atoms with Gasteiger partial charge < -0.3 is 0 Å². The fraction of sp³-hybridized carbons (Fsp3) is 1.00. The van der Waals surface area contributed by atoms with Crippen molar-refractivity contribution in [3.05, 3.63) is 0 Å². The Kier molecular flexibility index (Phi) is 4.03. The molecule has 0 saturated heterocycles. The van der Waals surface area contributed by atoms with Crippen molar-refractivity contribution < 1.29 is 8.42 Å². The number of alkyl halides is 1. The lowest BCUT2D eigenvalue weighted by atomic mass is 10.4. The Morgan fingerprint density at radius 1 is 1.25 bits per heavy atom. The molecule has 0 aromatic carbocycles. The molecule has 0 atom stereocenters. The maximum atomic E-state index is 11.6. The van der Waals surface area contributed by atoms with Gasteiger partial charge in [-0.25, -0.2) is 8.42 Å². The molecule has 0 aromatic rings. The molecule has 0 aliphatic heterocycles. The van der Waals surface area contributed by atoms with E-state index in [0.717, 1.165) is 37.4 Å². The first-order valence-electron chi connectivity index (χ1n) is 4.44. The Labute approximate surface area is 82.8 Å². The summed E-state index contributed by atoms with van der Waals surface area (Å²) in [5, 5.41) is 0.774. The van der Waals surface area contributed by atoms with Crippen LogP contribution in [0.4, 0.5) is 0 Å². The van der Waals surface area contributed by atoms with E-state index in [1.165, 1.54) is 0 Å². The van der Waals surface area contributed by atoms with Crippen LogP contribution in [0.2, 0.25) is 0 Å². The van der Waals surface area contributed by atoms with Crippen molar-refractivity contribution in [1.82, 2.24) is 0 Å². The number of halogens is 1. The summed E-state index contributed by atoms with van der Waals surface area (Å²) in [5.41, 5.74) is 0. The average Bonchev–Trinajstić information content (AvgIpc) is 2.53. The topological polar surface area (TPSA) is 34.1 Å². The number of sulfone groups is 1. The monoisotopic (exact) mass is 254 g/mol. The zero-order chi connectivity index (χ0) is 9.03. The van der Waals surface area contributed by atoms with Gasteiger partial charge in [-0.3, -0.25) is 0 Å². The Morgan fingerprint density at radius 3 is 2.33 bits per heavy atom. The second-order valence-corrected chi connectivity index (χ2v) is 6.51. The molecule has 72 valence electrons. The molecule has 0 aromatic heterocycles. The van der Waals surface area contributed by atoms with Crippen molar-refractivity contribution in [3.8, 4) is 0 Å². The summed E-state index contributed by atoms with van der Waals surface area (Å²) in [6.07, 6.45) is 4.73. The smallest absolute Gasteiger partial charge is 0.153 e. The van der Waals surface area contributed by atoms with Gasteiger partial charge in [0.15, 0.2) is 9.84 Å². The fourth-order valence-electron chi connectivity index (χ4n) is 1.67. The minimum absolute atomic E-state index is 0.0171. The van der Waals surface area contributed by atoms with Gasteiger partial charge in [-0.15, -0.1) is 0 Å². The van der Waals surface area contributed by atoms with Crippen LogP contribution in [0.15, 0.2) is 0 Å². The van der Waals surface area contributed by atoms with Crippen LogP contribution in [0.5, 0.6) is 0 Å². The zero-order valence-corrected chi connectivity index (χ0v) is 9.53. The molecule has 0 radical (unpaired) electrons. The molecule has 1 saturated carbocycles. The first-order chi connectivity index (χ1) is 5.67. The van der Waals surface area contributed by atoms with Gasteiger partial charge in [0.25, 0.3) is 0 Å². The SMILES string of the molecule is O=S(=O)(CCCBr)C1CCCC1. The van der Waals surface area contributed by atoms with Gasteiger partial charge in [0.05, 0.1) is 11.0 Å². The Morgan fingerprint density at radius 2 is 1.83 bits per heavy atom. The molecule has 0 heterocycles. The van der Waals surface area contributed by atoms with E-state index in [0.29, 0.717) is 5.75 Å². The summed E-state index contributed by atoms with van der Waals surface area (Å²) >= 11 is 3.25. The molecule has 0 bridgehead atoms. The lowest BCUT2D eigenvalue weighted by molar-refractivity contribution is 0.578. The molecule has 1 aliphatic carbocycles. The second-order valence-electron chi connectivity index (χ2n) is 3.32. The van der Waals surface area contributed by atoms with Crippen LogP contribution in [0, 0.1) is 0 Å². The Bertz CT molecular complexity index is 217. The van der Waals surface area contributed by atoms with Crippen LogP contribution in [-0.4, -0.2) is 24.8 Å². The highest BCUT2D eigenvalue weighted by atomic mass is 79.9. The van der Waals surface area contributed by atoms with Crippen molar-refractivity contribution >= 4 is 25.8 Å². The van der Waals surface area contributed by atoms with Crippen molar-refractivity contribution in [2.45, 2.75) is 37.4 Å². The van der Waals surface area contributed by atoms with Crippen LogP contribution in [-0.2, 0) is 9.84 Å². The molecule has 2 nitrogen and oxygen atoms in total. The summed E-state index contributed by atoms with van der Waals surface area (Å²) in [5.74, 6) is 0.364. The van der Waals surface area contributed by atoms with Gasteiger partial charge >= 0.3 is 0 Å². The van der Waals surface area contributed by atoms with Gasteiger partial charge in [0.2, 0.25) is 0 Å². The summed E-state index contributed by atoms with van der Waals surface area (Å²) in [7, 11) is -2.75. The molecular formula is C8H15BrO2S. The van der Waals surface area contributed by atoms with Crippen molar-refractivity contribution in [3.63, 3.8) is 0 Å². The molecular weight excluding hydrogens is 240 g/mol. The van der Waals surface area contributed by atoms with Crippen molar-refractivity contribution in [1.29, 1.82) is 0 Å². The lowest BCUT2D eigenvalue weighted by Crippen LogP contribution is -2.21. The van der Waals surface area contributed by atoms with Gasteiger partial charge in [0, 0.05) is 5.33 Å². The minimum atomic E-state index is -2.75. The zero-order valence-electron chi connectivity index (χ0n) is 7.13. The number of hydrogen-bond acceptors (Lipinski definition) is 2. The average molecular weight is 255 g/mol. The first kappa shape index (κ1) is 10.5. The maximum Gasteiger partial charge on any atom is 0.153 e. The summed E-state index contributed by atoms with van der Waals surface area (Å²) in [4.78, 5) is 0. The van der Waals surface area contributed by atoms with E-state index in [1.54, 1.807) is 0 Å². The first-order valence-corrected chi connectivity index (χ1v) is 7.28. The van der Waals surface area contributed by atoms with Crippen molar-refractivity contribution in [2.75, 3.05) is 11.1 Å². The van der Waals surface area contributed by atoms with Crippen LogP contribution < -0.4 is 0 Å².